The summed E-state index contributed by atoms with van der Waals surface area (Å²) in [5.74, 6) is 0. The largest absolute Gasteiger partial charge is 0.249 e. The van der Waals surface area contributed by atoms with Gasteiger partial charge < -0.3 is 0 Å². The summed E-state index contributed by atoms with van der Waals surface area (Å²) >= 11 is 0. The number of hydrogen-bond acceptors (Lipinski definition) is 3. The Hall–Kier alpha value is -0.540. The predicted octanol–water partition coefficient (Wildman–Crippen LogP) is 2.12. The molecule has 0 aliphatic rings. The van der Waals surface area contributed by atoms with Crippen molar-refractivity contribution in [1.82, 2.24) is 5.23 Å². The quantitative estimate of drug-likeness (QED) is 0.554. The van der Waals surface area contributed by atoms with Crippen LogP contribution in [-0.4, -0.2) is 18.4 Å². The summed E-state index contributed by atoms with van der Waals surface area (Å²) in [5.41, 5.74) is 0. The molecule has 0 amide bonds. The topological polar surface area (TPSA) is 21.7 Å². The average molecular weight is 159 g/mol. The summed E-state index contributed by atoms with van der Waals surface area (Å²) in [4.78, 5) is 10.3. The minimum atomic E-state index is 0.619. The van der Waals surface area contributed by atoms with Crippen LogP contribution >= 0.6 is 0 Å². The molecule has 0 fully saturated rings. The van der Waals surface area contributed by atoms with Crippen molar-refractivity contribution in [1.29, 1.82) is 0 Å². The Bertz CT molecular complexity index is 104. The van der Waals surface area contributed by atoms with Crippen LogP contribution in [-0.2, 0) is 9.68 Å². The average Bonchev–Trinajstić information content (AvgIpc) is 2.01. The molecular weight excluding hydrogens is 142 g/mol. The molecule has 0 aliphatic carbocycles. The molecule has 3 nitrogen and oxygen atoms in total. The normalized spacial score (nSPS) is 10.8. The van der Waals surface area contributed by atoms with E-state index in [9.17, 15) is 0 Å². The highest BCUT2D eigenvalue weighted by atomic mass is 16.9. The van der Waals surface area contributed by atoms with E-state index in [2.05, 4.69) is 6.92 Å². The first-order valence-corrected chi connectivity index (χ1v) is 4.03. The van der Waals surface area contributed by atoms with Crippen molar-refractivity contribution in [2.75, 3.05) is 13.2 Å². The van der Waals surface area contributed by atoms with Gasteiger partial charge in [0.1, 0.15) is 0 Å². The highest BCUT2D eigenvalue weighted by Gasteiger charge is 1.95. The predicted molar refractivity (Wildman–Crippen MR) is 44.5 cm³/mol. The van der Waals surface area contributed by atoms with Crippen molar-refractivity contribution in [3.8, 4) is 0 Å². The maximum atomic E-state index is 5.20. The van der Waals surface area contributed by atoms with Crippen LogP contribution in [0.5, 0.6) is 0 Å². The fourth-order valence-corrected chi connectivity index (χ4v) is 0.554. The molecule has 0 aromatic carbocycles. The zero-order chi connectivity index (χ0) is 8.53. The summed E-state index contributed by atoms with van der Waals surface area (Å²) in [6.07, 6.45) is 4.60. The van der Waals surface area contributed by atoms with Crippen LogP contribution < -0.4 is 0 Å². The fraction of sp³-hybridized carbons (Fsp3) is 0.750. The zero-order valence-electron chi connectivity index (χ0n) is 7.54. The highest BCUT2D eigenvalue weighted by Crippen LogP contribution is 1.94. The van der Waals surface area contributed by atoms with Gasteiger partial charge in [0, 0.05) is 0 Å². The zero-order valence-corrected chi connectivity index (χ0v) is 7.54. The SMILES string of the molecule is C/C=C\N(OCC)OCCC. The first kappa shape index (κ1) is 10.5. The van der Waals surface area contributed by atoms with Crippen molar-refractivity contribution in [2.45, 2.75) is 27.2 Å². The van der Waals surface area contributed by atoms with Gasteiger partial charge in [-0.3, -0.25) is 0 Å². The van der Waals surface area contributed by atoms with E-state index in [-0.39, 0.29) is 0 Å². The van der Waals surface area contributed by atoms with E-state index in [0.29, 0.717) is 13.2 Å². The lowest BCUT2D eigenvalue weighted by Gasteiger charge is -2.16. The van der Waals surface area contributed by atoms with Crippen LogP contribution in [0.4, 0.5) is 0 Å². The van der Waals surface area contributed by atoms with Crippen LogP contribution in [0.2, 0.25) is 0 Å². The Morgan fingerprint density at radius 1 is 1.27 bits per heavy atom. The van der Waals surface area contributed by atoms with Gasteiger partial charge in [-0.15, -0.1) is 5.23 Å². The van der Waals surface area contributed by atoms with Crippen LogP contribution in [0.1, 0.15) is 27.2 Å². The molecule has 0 spiro atoms. The molecule has 0 saturated carbocycles. The molecule has 0 heterocycles. The number of hydroxylamine groups is 2. The lowest BCUT2D eigenvalue weighted by atomic mass is 10.5. The Kier molecular flexibility index (Phi) is 7.19. The summed E-state index contributed by atoms with van der Waals surface area (Å²) in [6, 6.07) is 0. The molecule has 66 valence electrons. The van der Waals surface area contributed by atoms with Crippen molar-refractivity contribution in [3.05, 3.63) is 12.3 Å². The third-order valence-electron chi connectivity index (χ3n) is 0.950. The molecule has 0 aromatic rings. The molecule has 0 aliphatic heterocycles. The Labute approximate surface area is 68.5 Å². The number of hydrogen-bond donors (Lipinski definition) is 0. The number of rotatable bonds is 6. The minimum absolute atomic E-state index is 0.619. The van der Waals surface area contributed by atoms with Crippen LogP contribution in [0, 0.1) is 0 Å². The minimum Gasteiger partial charge on any atom is -0.249 e. The third-order valence-corrected chi connectivity index (χ3v) is 0.950. The van der Waals surface area contributed by atoms with Gasteiger partial charge in [0.15, 0.2) is 0 Å². The van der Waals surface area contributed by atoms with E-state index in [1.807, 2.05) is 19.9 Å². The maximum Gasteiger partial charge on any atom is 0.0772 e. The van der Waals surface area contributed by atoms with E-state index >= 15 is 0 Å². The molecule has 0 saturated heterocycles. The van der Waals surface area contributed by atoms with Gasteiger partial charge in [-0.25, -0.2) is 9.68 Å². The molecule has 0 atom stereocenters. The smallest absolute Gasteiger partial charge is 0.0772 e. The van der Waals surface area contributed by atoms with Gasteiger partial charge in [0.2, 0.25) is 0 Å². The lowest BCUT2D eigenvalue weighted by Crippen LogP contribution is -2.18. The molecule has 0 radical (unpaired) electrons. The van der Waals surface area contributed by atoms with E-state index in [1.54, 1.807) is 6.20 Å². The fourth-order valence-electron chi connectivity index (χ4n) is 0.554. The van der Waals surface area contributed by atoms with E-state index in [1.165, 1.54) is 5.23 Å². The third kappa shape index (κ3) is 5.88. The lowest BCUT2D eigenvalue weighted by molar-refractivity contribution is -0.334. The summed E-state index contributed by atoms with van der Waals surface area (Å²) in [7, 11) is 0. The summed E-state index contributed by atoms with van der Waals surface area (Å²) < 4.78 is 0. The van der Waals surface area contributed by atoms with Crippen molar-refractivity contribution in [2.24, 2.45) is 0 Å². The van der Waals surface area contributed by atoms with Crippen molar-refractivity contribution in [3.63, 3.8) is 0 Å². The summed E-state index contributed by atoms with van der Waals surface area (Å²) in [6.45, 7) is 7.20. The molecule has 0 rings (SSSR count). The first-order chi connectivity index (χ1) is 5.35. The number of nitrogens with zero attached hydrogens (tertiary/aromatic N) is 1. The maximum absolute atomic E-state index is 5.20. The van der Waals surface area contributed by atoms with Gasteiger partial charge in [0.25, 0.3) is 0 Å². The van der Waals surface area contributed by atoms with Gasteiger partial charge in [-0.1, -0.05) is 13.0 Å². The number of allylic oxidation sites excluding steroid dienone is 1. The van der Waals surface area contributed by atoms with Gasteiger partial charge in [0.05, 0.1) is 19.4 Å². The Balaban J connectivity index is 3.51. The second-order valence-electron chi connectivity index (χ2n) is 2.02. The second-order valence-corrected chi connectivity index (χ2v) is 2.02. The second kappa shape index (κ2) is 7.57. The van der Waals surface area contributed by atoms with E-state index < -0.39 is 0 Å². The molecule has 0 N–H and O–H groups in total. The monoisotopic (exact) mass is 159 g/mol. The summed E-state index contributed by atoms with van der Waals surface area (Å²) in [5, 5.41) is 1.39. The molecular formula is C8H17NO2. The van der Waals surface area contributed by atoms with Crippen molar-refractivity contribution >= 4 is 0 Å². The van der Waals surface area contributed by atoms with Gasteiger partial charge in [-0.05, 0) is 20.3 Å². The van der Waals surface area contributed by atoms with Gasteiger partial charge >= 0.3 is 0 Å². The Morgan fingerprint density at radius 3 is 2.45 bits per heavy atom. The first-order valence-electron chi connectivity index (χ1n) is 4.03. The molecule has 0 aromatic heterocycles. The molecule has 0 unspecified atom stereocenters. The standard InChI is InChI=1S/C8H17NO2/c1-4-7-9(10-6-3)11-8-5-2/h4,7H,5-6,8H2,1-3H3/b7-4-. The highest BCUT2D eigenvalue weighted by molar-refractivity contribution is 4.68. The van der Waals surface area contributed by atoms with Gasteiger partial charge in [-0.2, -0.15) is 0 Å². The van der Waals surface area contributed by atoms with E-state index in [4.69, 9.17) is 9.68 Å². The van der Waals surface area contributed by atoms with Crippen LogP contribution in [0.3, 0.4) is 0 Å². The van der Waals surface area contributed by atoms with Crippen molar-refractivity contribution < 1.29 is 9.68 Å². The Morgan fingerprint density at radius 2 is 2.00 bits per heavy atom. The van der Waals surface area contributed by atoms with Crippen LogP contribution in [0.25, 0.3) is 0 Å². The van der Waals surface area contributed by atoms with Crippen LogP contribution in [0.15, 0.2) is 12.3 Å². The molecule has 0 bridgehead atoms. The molecule has 11 heavy (non-hydrogen) atoms. The molecule has 3 heteroatoms. The van der Waals surface area contributed by atoms with E-state index in [0.717, 1.165) is 6.42 Å².